The third kappa shape index (κ3) is 2.03. The maximum absolute atomic E-state index is 11.0. The highest BCUT2D eigenvalue weighted by atomic mass is 16.4. The molecule has 0 bridgehead atoms. The molecule has 0 amide bonds. The Morgan fingerprint density at radius 2 is 2.32 bits per heavy atom. The van der Waals surface area contributed by atoms with Crippen LogP contribution < -0.4 is 10.4 Å². The summed E-state index contributed by atoms with van der Waals surface area (Å²) in [4.78, 5) is 11.0. The summed E-state index contributed by atoms with van der Waals surface area (Å²) >= 11 is 0. The molecule has 0 spiro atoms. The highest BCUT2D eigenvalue weighted by molar-refractivity contribution is 5.87. The lowest BCUT2D eigenvalue weighted by Gasteiger charge is -2.37. The minimum absolute atomic E-state index is 0.272. The largest absolute Gasteiger partial charge is 0.545 e. The van der Waals surface area contributed by atoms with E-state index in [0.29, 0.717) is 17.9 Å². The van der Waals surface area contributed by atoms with Crippen LogP contribution in [0.15, 0.2) is 30.4 Å². The summed E-state index contributed by atoms with van der Waals surface area (Å²) in [6.07, 6.45) is 7.85. The lowest BCUT2D eigenvalue weighted by atomic mass is 9.77. The number of allylic oxidation sites excluding steroid dienone is 2. The van der Waals surface area contributed by atoms with E-state index in [1.807, 2.05) is 6.07 Å². The standard InChI is InChI=1S/C16H19NO2/c1-2-4-14-12-6-3-5-11(12)13-9-10(16(18)19)7-8-15(13)17-14/h3,5,7-9,11-12,14,17H,2,4,6H2,1H3,(H,18,19)/p-1/t11-,12-,14-/m1/s1. The van der Waals surface area contributed by atoms with Gasteiger partial charge in [0.05, 0.1) is 5.97 Å². The molecule has 0 saturated heterocycles. The predicted molar refractivity (Wildman–Crippen MR) is 73.1 cm³/mol. The first-order valence-electron chi connectivity index (χ1n) is 6.99. The van der Waals surface area contributed by atoms with Crippen LogP contribution in [0, 0.1) is 5.92 Å². The van der Waals surface area contributed by atoms with E-state index in [-0.39, 0.29) is 5.56 Å². The van der Waals surface area contributed by atoms with Crippen molar-refractivity contribution in [2.75, 3.05) is 5.32 Å². The van der Waals surface area contributed by atoms with Gasteiger partial charge in [0.15, 0.2) is 0 Å². The average molecular weight is 256 g/mol. The summed E-state index contributed by atoms with van der Waals surface area (Å²) < 4.78 is 0. The number of carbonyl (C=O) groups is 1. The molecule has 2 aliphatic rings. The Balaban J connectivity index is 2.00. The van der Waals surface area contributed by atoms with Crippen LogP contribution in [0.2, 0.25) is 0 Å². The molecule has 3 heteroatoms. The van der Waals surface area contributed by atoms with Gasteiger partial charge in [-0.3, -0.25) is 0 Å². The molecule has 1 aromatic carbocycles. The van der Waals surface area contributed by atoms with Gasteiger partial charge in [-0.15, -0.1) is 0 Å². The smallest absolute Gasteiger partial charge is 0.0715 e. The number of nitrogens with one attached hydrogen (secondary N) is 1. The van der Waals surface area contributed by atoms with Crippen LogP contribution in [0.1, 0.15) is 48.0 Å². The van der Waals surface area contributed by atoms with Gasteiger partial charge in [0.1, 0.15) is 0 Å². The number of aromatic carboxylic acids is 1. The van der Waals surface area contributed by atoms with E-state index in [0.717, 1.165) is 30.5 Å². The van der Waals surface area contributed by atoms with Crippen molar-refractivity contribution in [2.45, 2.75) is 38.1 Å². The van der Waals surface area contributed by atoms with E-state index in [1.54, 1.807) is 12.1 Å². The molecule has 3 rings (SSSR count). The van der Waals surface area contributed by atoms with Gasteiger partial charge in [-0.25, -0.2) is 0 Å². The van der Waals surface area contributed by atoms with Gasteiger partial charge in [-0.05, 0) is 42.0 Å². The average Bonchev–Trinajstić information content (AvgIpc) is 2.88. The Hall–Kier alpha value is -1.77. The first-order valence-corrected chi connectivity index (χ1v) is 6.99. The van der Waals surface area contributed by atoms with E-state index < -0.39 is 5.97 Å². The quantitative estimate of drug-likeness (QED) is 0.844. The number of carbonyl (C=O) groups excluding carboxylic acids is 1. The SMILES string of the molecule is CCC[C@H]1Nc2ccc(C(=O)[O-])cc2[C@@H]2C=CC[C@@H]12. The van der Waals surface area contributed by atoms with Crippen molar-refractivity contribution in [2.24, 2.45) is 5.92 Å². The fourth-order valence-electron chi connectivity index (χ4n) is 3.42. The van der Waals surface area contributed by atoms with Gasteiger partial charge in [0.2, 0.25) is 0 Å². The van der Waals surface area contributed by atoms with Crippen LogP contribution in [-0.2, 0) is 0 Å². The van der Waals surface area contributed by atoms with Crippen molar-refractivity contribution in [3.8, 4) is 0 Å². The number of benzene rings is 1. The number of fused-ring (bicyclic) bond motifs is 3. The Labute approximate surface area is 113 Å². The van der Waals surface area contributed by atoms with E-state index >= 15 is 0 Å². The van der Waals surface area contributed by atoms with Crippen LogP contribution in [0.25, 0.3) is 0 Å². The second-order valence-corrected chi connectivity index (χ2v) is 5.48. The molecule has 3 atom stereocenters. The zero-order valence-corrected chi connectivity index (χ0v) is 11.1. The van der Waals surface area contributed by atoms with Crippen molar-refractivity contribution in [1.82, 2.24) is 0 Å². The van der Waals surface area contributed by atoms with Crippen LogP contribution >= 0.6 is 0 Å². The lowest BCUT2D eigenvalue weighted by Crippen LogP contribution is -2.36. The molecular weight excluding hydrogens is 238 g/mol. The molecule has 1 aliphatic carbocycles. The number of carboxylic acids is 1. The molecule has 0 saturated carbocycles. The first kappa shape index (κ1) is 12.3. The second kappa shape index (κ2) is 4.72. The number of hydrogen-bond donors (Lipinski definition) is 1. The molecule has 0 unspecified atom stereocenters. The predicted octanol–water partition coefficient (Wildman–Crippen LogP) is 2.30. The Morgan fingerprint density at radius 3 is 3.05 bits per heavy atom. The minimum atomic E-state index is -1.10. The first-order chi connectivity index (χ1) is 9.20. The molecule has 100 valence electrons. The number of rotatable bonds is 3. The summed E-state index contributed by atoms with van der Waals surface area (Å²) in [6.45, 7) is 2.20. The fraction of sp³-hybridized carbons (Fsp3) is 0.438. The summed E-state index contributed by atoms with van der Waals surface area (Å²) in [5, 5.41) is 14.6. The normalized spacial score (nSPS) is 27.5. The maximum atomic E-state index is 11.0. The molecule has 0 fully saturated rings. The monoisotopic (exact) mass is 256 g/mol. The van der Waals surface area contributed by atoms with E-state index in [2.05, 4.69) is 24.4 Å². The molecule has 1 heterocycles. The van der Waals surface area contributed by atoms with Crippen LogP contribution in [0.3, 0.4) is 0 Å². The highest BCUT2D eigenvalue weighted by Gasteiger charge is 2.36. The maximum Gasteiger partial charge on any atom is 0.0715 e. The highest BCUT2D eigenvalue weighted by Crippen LogP contribution is 2.45. The molecule has 0 radical (unpaired) electrons. The minimum Gasteiger partial charge on any atom is -0.545 e. The molecule has 1 aliphatic heterocycles. The summed E-state index contributed by atoms with van der Waals surface area (Å²) in [6, 6.07) is 5.77. The van der Waals surface area contributed by atoms with Gasteiger partial charge in [-0.1, -0.05) is 31.6 Å². The second-order valence-electron chi connectivity index (χ2n) is 5.48. The summed E-state index contributed by atoms with van der Waals surface area (Å²) in [5.41, 5.74) is 2.46. The van der Waals surface area contributed by atoms with Gasteiger partial charge in [0.25, 0.3) is 0 Å². The van der Waals surface area contributed by atoms with Crippen molar-refractivity contribution in [1.29, 1.82) is 0 Å². The zero-order valence-electron chi connectivity index (χ0n) is 11.1. The van der Waals surface area contributed by atoms with Gasteiger partial charge < -0.3 is 15.2 Å². The zero-order chi connectivity index (χ0) is 13.4. The van der Waals surface area contributed by atoms with Crippen molar-refractivity contribution < 1.29 is 9.90 Å². The summed E-state index contributed by atoms with van der Waals surface area (Å²) in [7, 11) is 0. The molecule has 1 N–H and O–H groups in total. The van der Waals surface area contributed by atoms with Crippen molar-refractivity contribution in [3.05, 3.63) is 41.5 Å². The molecule has 3 nitrogen and oxygen atoms in total. The number of carboxylic acid groups (broad SMARTS) is 1. The Kier molecular flexibility index (Phi) is 3.05. The molecule has 19 heavy (non-hydrogen) atoms. The van der Waals surface area contributed by atoms with Crippen LogP contribution in [0.5, 0.6) is 0 Å². The van der Waals surface area contributed by atoms with Gasteiger partial charge in [0, 0.05) is 17.6 Å². The third-order valence-electron chi connectivity index (χ3n) is 4.32. The van der Waals surface area contributed by atoms with Crippen molar-refractivity contribution >= 4 is 11.7 Å². The fourth-order valence-corrected chi connectivity index (χ4v) is 3.42. The van der Waals surface area contributed by atoms with Crippen LogP contribution in [-0.4, -0.2) is 12.0 Å². The Bertz CT molecular complexity index is 536. The molecular formula is C16H18NO2-. The number of hydrogen-bond acceptors (Lipinski definition) is 3. The van der Waals surface area contributed by atoms with E-state index in [9.17, 15) is 9.90 Å². The summed E-state index contributed by atoms with van der Waals surface area (Å²) in [5.74, 6) is -0.187. The van der Waals surface area contributed by atoms with E-state index in [4.69, 9.17) is 0 Å². The Morgan fingerprint density at radius 1 is 1.47 bits per heavy atom. The van der Waals surface area contributed by atoms with E-state index in [1.165, 1.54) is 0 Å². The lowest BCUT2D eigenvalue weighted by molar-refractivity contribution is -0.255. The number of anilines is 1. The third-order valence-corrected chi connectivity index (χ3v) is 4.32. The van der Waals surface area contributed by atoms with Crippen LogP contribution in [0.4, 0.5) is 5.69 Å². The molecule has 1 aromatic rings. The van der Waals surface area contributed by atoms with Crippen molar-refractivity contribution in [3.63, 3.8) is 0 Å². The van der Waals surface area contributed by atoms with Gasteiger partial charge in [-0.2, -0.15) is 0 Å². The molecule has 0 aromatic heterocycles. The van der Waals surface area contributed by atoms with Gasteiger partial charge >= 0.3 is 0 Å². The topological polar surface area (TPSA) is 52.2 Å².